The van der Waals surface area contributed by atoms with Crippen LogP contribution in [-0.2, 0) is 4.74 Å². The van der Waals surface area contributed by atoms with Gasteiger partial charge >= 0.3 is 0 Å². The third-order valence-electron chi connectivity index (χ3n) is 3.39. The smallest absolute Gasteiger partial charge is 0.194 e. The number of benzene rings is 1. The van der Waals surface area contributed by atoms with Gasteiger partial charge in [0.2, 0.25) is 0 Å². The molecule has 92 valence electrons. The Morgan fingerprint density at radius 3 is 2.35 bits per heavy atom. The number of carbonyl (C=O) groups is 1. The molecule has 0 atom stereocenters. The quantitative estimate of drug-likeness (QED) is 0.735. The van der Waals surface area contributed by atoms with Gasteiger partial charge in [-0.05, 0) is 50.5 Å². The Kier molecular flexibility index (Phi) is 3.48. The third kappa shape index (κ3) is 2.20. The molecule has 0 bridgehead atoms. The van der Waals surface area contributed by atoms with Gasteiger partial charge in [0.05, 0.1) is 6.61 Å². The molecule has 0 amide bonds. The third-order valence-corrected chi connectivity index (χ3v) is 3.39. The summed E-state index contributed by atoms with van der Waals surface area (Å²) >= 11 is 0. The van der Waals surface area contributed by atoms with Gasteiger partial charge in [-0.3, -0.25) is 4.79 Å². The monoisotopic (exact) mass is 234 g/mol. The van der Waals surface area contributed by atoms with Crippen molar-refractivity contribution in [2.75, 3.05) is 13.7 Å². The number of ether oxygens (including phenoxy) is 2. The van der Waals surface area contributed by atoms with Gasteiger partial charge in [-0.2, -0.15) is 0 Å². The summed E-state index contributed by atoms with van der Waals surface area (Å²) in [5.41, 5.74) is 0.141. The summed E-state index contributed by atoms with van der Waals surface area (Å²) in [5.74, 6) is 0.887. The van der Waals surface area contributed by atoms with Gasteiger partial charge in [0, 0.05) is 12.7 Å². The van der Waals surface area contributed by atoms with E-state index >= 15 is 0 Å². The topological polar surface area (TPSA) is 35.5 Å². The molecule has 0 radical (unpaired) electrons. The summed E-state index contributed by atoms with van der Waals surface area (Å²) in [5, 5.41) is 0. The van der Waals surface area contributed by atoms with Crippen molar-refractivity contribution < 1.29 is 14.3 Å². The van der Waals surface area contributed by atoms with Crippen molar-refractivity contribution >= 4 is 5.78 Å². The molecule has 0 N–H and O–H groups in total. The molecule has 0 heterocycles. The summed E-state index contributed by atoms with van der Waals surface area (Å²) in [6.07, 6.45) is 2.72. The Labute approximate surface area is 102 Å². The maximum atomic E-state index is 12.3. The zero-order chi connectivity index (χ0) is 12.3. The average molecular weight is 234 g/mol. The van der Waals surface area contributed by atoms with Crippen LogP contribution in [0.3, 0.4) is 0 Å². The molecule has 3 heteroatoms. The fraction of sp³-hybridized carbons (Fsp3) is 0.500. The first-order chi connectivity index (χ1) is 8.22. The normalized spacial score (nSPS) is 17.3. The Morgan fingerprint density at radius 1 is 1.29 bits per heavy atom. The van der Waals surface area contributed by atoms with Crippen LogP contribution in [0.2, 0.25) is 0 Å². The van der Waals surface area contributed by atoms with E-state index in [1.165, 1.54) is 0 Å². The molecule has 3 nitrogen and oxygen atoms in total. The highest BCUT2D eigenvalue weighted by Gasteiger charge is 2.44. The van der Waals surface area contributed by atoms with Crippen LogP contribution in [0.15, 0.2) is 24.3 Å². The van der Waals surface area contributed by atoms with Crippen LogP contribution in [0.4, 0.5) is 0 Å². The first-order valence-corrected chi connectivity index (χ1v) is 6.04. The van der Waals surface area contributed by atoms with Crippen molar-refractivity contribution in [2.24, 2.45) is 0 Å². The van der Waals surface area contributed by atoms with Gasteiger partial charge in [0.25, 0.3) is 0 Å². The van der Waals surface area contributed by atoms with E-state index in [1.807, 2.05) is 31.2 Å². The standard InChI is InChI=1S/C14H18O3/c1-3-17-12-7-5-11(6-8-12)13(15)14(16-2)9-4-10-14/h5-8H,3-4,9-10H2,1-2H3. The van der Waals surface area contributed by atoms with Gasteiger partial charge in [-0.15, -0.1) is 0 Å². The Balaban J connectivity index is 2.14. The second kappa shape index (κ2) is 4.88. The number of hydrogen-bond acceptors (Lipinski definition) is 3. The molecule has 1 aliphatic carbocycles. The van der Waals surface area contributed by atoms with Crippen LogP contribution >= 0.6 is 0 Å². The molecule has 1 aromatic rings. The van der Waals surface area contributed by atoms with Crippen LogP contribution < -0.4 is 4.74 Å². The van der Waals surface area contributed by atoms with Crippen LogP contribution in [-0.4, -0.2) is 25.1 Å². The van der Waals surface area contributed by atoms with Gasteiger partial charge in [-0.25, -0.2) is 0 Å². The Hall–Kier alpha value is -1.35. The molecular weight excluding hydrogens is 216 g/mol. The highest BCUT2D eigenvalue weighted by Crippen LogP contribution is 2.38. The van der Waals surface area contributed by atoms with E-state index in [0.717, 1.165) is 25.0 Å². The van der Waals surface area contributed by atoms with Gasteiger partial charge in [0.15, 0.2) is 5.78 Å². The van der Waals surface area contributed by atoms with Crippen molar-refractivity contribution in [3.8, 4) is 5.75 Å². The lowest BCUT2D eigenvalue weighted by Gasteiger charge is -2.38. The molecule has 0 saturated heterocycles. The summed E-state index contributed by atoms with van der Waals surface area (Å²) in [6, 6.07) is 7.29. The lowest BCUT2D eigenvalue weighted by Crippen LogP contribution is -2.47. The zero-order valence-electron chi connectivity index (χ0n) is 10.4. The van der Waals surface area contributed by atoms with Crippen molar-refractivity contribution in [3.05, 3.63) is 29.8 Å². The molecule has 0 aromatic heterocycles. The lowest BCUT2D eigenvalue weighted by atomic mass is 9.75. The predicted molar refractivity (Wildman–Crippen MR) is 65.5 cm³/mol. The summed E-state index contributed by atoms with van der Waals surface area (Å²) in [6.45, 7) is 2.57. The van der Waals surface area contributed by atoms with Crippen molar-refractivity contribution in [1.29, 1.82) is 0 Å². The molecule has 17 heavy (non-hydrogen) atoms. The molecular formula is C14H18O3. The number of ketones is 1. The number of carbonyl (C=O) groups excluding carboxylic acids is 1. The molecule has 0 aliphatic heterocycles. The SMILES string of the molecule is CCOc1ccc(C(=O)C2(OC)CCC2)cc1. The highest BCUT2D eigenvalue weighted by atomic mass is 16.5. The number of rotatable bonds is 5. The molecule has 1 aliphatic rings. The molecule has 2 rings (SSSR count). The molecule has 1 fully saturated rings. The Bertz CT molecular complexity index is 385. The second-order valence-electron chi connectivity index (χ2n) is 4.34. The molecule has 0 spiro atoms. The van der Waals surface area contributed by atoms with Gasteiger partial charge < -0.3 is 9.47 Å². The van der Waals surface area contributed by atoms with E-state index in [1.54, 1.807) is 7.11 Å². The molecule has 1 saturated carbocycles. The van der Waals surface area contributed by atoms with Crippen molar-refractivity contribution in [3.63, 3.8) is 0 Å². The minimum Gasteiger partial charge on any atom is -0.494 e. The van der Waals surface area contributed by atoms with Crippen LogP contribution in [0.5, 0.6) is 5.75 Å². The van der Waals surface area contributed by atoms with E-state index in [9.17, 15) is 4.79 Å². The van der Waals surface area contributed by atoms with E-state index in [0.29, 0.717) is 12.2 Å². The van der Waals surface area contributed by atoms with E-state index in [4.69, 9.17) is 9.47 Å². The molecule has 0 unspecified atom stereocenters. The second-order valence-corrected chi connectivity index (χ2v) is 4.34. The maximum absolute atomic E-state index is 12.3. The number of methoxy groups -OCH3 is 1. The first-order valence-electron chi connectivity index (χ1n) is 6.04. The first kappa shape index (κ1) is 12.1. The maximum Gasteiger partial charge on any atom is 0.194 e. The lowest BCUT2D eigenvalue weighted by molar-refractivity contribution is -0.0448. The van der Waals surface area contributed by atoms with E-state index < -0.39 is 5.60 Å². The van der Waals surface area contributed by atoms with Crippen LogP contribution in [0.25, 0.3) is 0 Å². The van der Waals surface area contributed by atoms with Crippen LogP contribution in [0.1, 0.15) is 36.5 Å². The largest absolute Gasteiger partial charge is 0.494 e. The molecule has 1 aromatic carbocycles. The highest BCUT2D eigenvalue weighted by molar-refractivity contribution is 6.03. The van der Waals surface area contributed by atoms with Gasteiger partial charge in [0.1, 0.15) is 11.4 Å². The number of Topliss-reactive ketones (excluding diaryl/α,β-unsaturated/α-hetero) is 1. The summed E-state index contributed by atoms with van der Waals surface area (Å²) < 4.78 is 10.7. The summed E-state index contributed by atoms with van der Waals surface area (Å²) in [7, 11) is 1.62. The predicted octanol–water partition coefficient (Wildman–Crippen LogP) is 2.84. The minimum atomic E-state index is -0.562. The zero-order valence-corrected chi connectivity index (χ0v) is 10.4. The van der Waals surface area contributed by atoms with Gasteiger partial charge in [-0.1, -0.05) is 0 Å². The number of hydrogen-bond donors (Lipinski definition) is 0. The Morgan fingerprint density at radius 2 is 1.94 bits per heavy atom. The van der Waals surface area contributed by atoms with Crippen LogP contribution in [0, 0.1) is 0 Å². The fourth-order valence-electron chi connectivity index (χ4n) is 2.15. The van der Waals surface area contributed by atoms with E-state index in [-0.39, 0.29) is 5.78 Å². The van der Waals surface area contributed by atoms with E-state index in [2.05, 4.69) is 0 Å². The van der Waals surface area contributed by atoms with Crippen molar-refractivity contribution in [2.45, 2.75) is 31.8 Å². The summed E-state index contributed by atoms with van der Waals surface area (Å²) in [4.78, 5) is 12.3. The fourth-order valence-corrected chi connectivity index (χ4v) is 2.15. The average Bonchev–Trinajstić information content (AvgIpc) is 2.29. The minimum absolute atomic E-state index is 0.0919. The van der Waals surface area contributed by atoms with Crippen molar-refractivity contribution in [1.82, 2.24) is 0 Å².